The molecule has 1 aromatic rings. The van der Waals surface area contributed by atoms with Gasteiger partial charge in [-0.1, -0.05) is 42.7 Å². The van der Waals surface area contributed by atoms with Gasteiger partial charge in [0.25, 0.3) is 5.91 Å². The molecule has 0 bridgehead atoms. The van der Waals surface area contributed by atoms with Crippen molar-refractivity contribution >= 4 is 83.5 Å². The van der Waals surface area contributed by atoms with Crippen molar-refractivity contribution < 1.29 is 28.0 Å². The molecule has 1 aromatic heterocycles. The number of nitrogens with one attached hydrogen (secondary N) is 1. The maximum absolute atomic E-state index is 13.5. The minimum atomic E-state index is -2.21. The molecule has 2 aliphatic heterocycles. The van der Waals surface area contributed by atoms with E-state index >= 15 is 0 Å². The van der Waals surface area contributed by atoms with Crippen LogP contribution in [-0.2, 0) is 28.0 Å². The molecule has 0 saturated carbocycles. The molecule has 3 unspecified atom stereocenters. The molecule has 1 saturated heterocycles. The maximum Gasteiger partial charge on any atom is 0.341 e. The number of rotatable bonds is 14. The van der Waals surface area contributed by atoms with Crippen LogP contribution < -0.4 is 4.98 Å². The lowest BCUT2D eigenvalue weighted by Crippen LogP contribution is -2.64. The number of aromatic nitrogens is 2. The lowest BCUT2D eigenvalue weighted by atomic mass is 10.0. The van der Waals surface area contributed by atoms with Gasteiger partial charge in [0.2, 0.25) is 16.6 Å². The van der Waals surface area contributed by atoms with Crippen LogP contribution in [0.15, 0.2) is 26.1 Å². The SMILES string of the molecule is COC(CCCC(N[Si](C)(C)C)C(=O)O[Si](C)(C)C)=NC1C(=O)N2C(C(=O)O[Si](C)(C)C)=C(CSc3nncs3)CSC12. The third-order valence-corrected chi connectivity index (χ3v) is 12.1. The van der Waals surface area contributed by atoms with Gasteiger partial charge in [-0.15, -0.1) is 22.0 Å². The zero-order valence-corrected chi connectivity index (χ0v) is 32.3. The van der Waals surface area contributed by atoms with Gasteiger partial charge in [-0.05, 0) is 57.7 Å². The number of carbonyl (C=O) groups excluding carboxylic acids is 3. The van der Waals surface area contributed by atoms with Gasteiger partial charge in [0.15, 0.2) is 16.3 Å². The molecular weight excluding hydrogens is 659 g/mol. The van der Waals surface area contributed by atoms with Crippen molar-refractivity contribution in [1.29, 1.82) is 0 Å². The van der Waals surface area contributed by atoms with Gasteiger partial charge in [0, 0.05) is 17.9 Å². The van der Waals surface area contributed by atoms with E-state index in [2.05, 4.69) is 34.8 Å². The topological polar surface area (TPSA) is 132 Å². The summed E-state index contributed by atoms with van der Waals surface area (Å²) in [4.78, 5) is 49.6. The number of β-lactam (4-membered cyclic amide) rings is 1. The van der Waals surface area contributed by atoms with E-state index in [1.54, 1.807) is 29.3 Å². The highest BCUT2D eigenvalue weighted by atomic mass is 32.2. The van der Waals surface area contributed by atoms with Gasteiger partial charge >= 0.3 is 11.9 Å². The van der Waals surface area contributed by atoms with Crippen LogP contribution in [-0.4, -0.2) is 99.8 Å². The summed E-state index contributed by atoms with van der Waals surface area (Å²) in [7, 11) is -4.44. The number of methoxy groups -OCH3 is 1. The first-order valence-corrected chi connectivity index (χ1v) is 27.5. The van der Waals surface area contributed by atoms with Crippen LogP contribution in [0.5, 0.6) is 0 Å². The first kappa shape index (κ1) is 36.0. The Bertz CT molecular complexity index is 1230. The lowest BCUT2D eigenvalue weighted by Gasteiger charge is -2.48. The molecule has 240 valence electrons. The van der Waals surface area contributed by atoms with Crippen LogP contribution in [0.3, 0.4) is 0 Å². The molecule has 1 amide bonds. The van der Waals surface area contributed by atoms with Crippen LogP contribution in [0.25, 0.3) is 0 Å². The molecule has 1 fully saturated rings. The molecular formula is C26H45N5O6S3Si3. The molecule has 3 heterocycles. The first-order chi connectivity index (χ1) is 19.9. The fourth-order valence-corrected chi connectivity index (χ4v) is 10.1. The van der Waals surface area contributed by atoms with Crippen molar-refractivity contribution in [2.45, 2.75) is 100.0 Å². The fourth-order valence-electron chi connectivity index (χ4n) is 4.43. The van der Waals surface area contributed by atoms with Crippen LogP contribution in [0.1, 0.15) is 19.3 Å². The van der Waals surface area contributed by atoms with Crippen molar-refractivity contribution in [1.82, 2.24) is 20.1 Å². The van der Waals surface area contributed by atoms with Crippen LogP contribution in [0, 0.1) is 0 Å². The van der Waals surface area contributed by atoms with Crippen molar-refractivity contribution in [2.75, 3.05) is 18.6 Å². The van der Waals surface area contributed by atoms with Crippen LogP contribution in [0.2, 0.25) is 58.9 Å². The first-order valence-electron chi connectivity index (χ1n) is 14.3. The molecule has 43 heavy (non-hydrogen) atoms. The number of thioether (sulfide) groups is 2. The third-order valence-electron chi connectivity index (χ3n) is 6.02. The number of ether oxygens (including phenoxy) is 1. The fraction of sp³-hybridized carbons (Fsp3) is 0.692. The Morgan fingerprint density at radius 1 is 1.14 bits per heavy atom. The Morgan fingerprint density at radius 3 is 2.37 bits per heavy atom. The molecule has 0 aliphatic carbocycles. The van der Waals surface area contributed by atoms with Gasteiger partial charge in [-0.2, -0.15) is 0 Å². The van der Waals surface area contributed by atoms with E-state index in [9.17, 15) is 14.4 Å². The molecule has 0 aromatic carbocycles. The average molecular weight is 704 g/mol. The quantitative estimate of drug-likeness (QED) is 0.0930. The summed E-state index contributed by atoms with van der Waals surface area (Å²) >= 11 is 4.51. The van der Waals surface area contributed by atoms with Gasteiger partial charge in [0.1, 0.15) is 24.8 Å². The predicted octanol–water partition coefficient (Wildman–Crippen LogP) is 4.93. The lowest BCUT2D eigenvalue weighted by molar-refractivity contribution is -0.147. The van der Waals surface area contributed by atoms with E-state index < -0.39 is 42.9 Å². The Balaban J connectivity index is 1.72. The number of fused-ring (bicyclic) bond motifs is 1. The molecule has 0 spiro atoms. The molecule has 2 aliphatic rings. The van der Waals surface area contributed by atoms with Gasteiger partial charge < -0.3 is 18.6 Å². The number of hydrogen-bond donors (Lipinski definition) is 1. The highest BCUT2D eigenvalue weighted by Crippen LogP contribution is 2.43. The Morgan fingerprint density at radius 2 is 1.81 bits per heavy atom. The van der Waals surface area contributed by atoms with Gasteiger partial charge in [-0.3, -0.25) is 14.5 Å². The van der Waals surface area contributed by atoms with E-state index in [0.717, 1.165) is 9.91 Å². The molecule has 3 rings (SSSR count). The third kappa shape index (κ3) is 10.8. The van der Waals surface area contributed by atoms with Crippen molar-refractivity contribution in [3.63, 3.8) is 0 Å². The zero-order valence-electron chi connectivity index (χ0n) is 26.8. The summed E-state index contributed by atoms with van der Waals surface area (Å²) in [6.07, 6.45) is 1.69. The smallest absolute Gasteiger partial charge is 0.341 e. The summed E-state index contributed by atoms with van der Waals surface area (Å²) in [5.41, 5.74) is 2.85. The minimum absolute atomic E-state index is 0.203. The summed E-state index contributed by atoms with van der Waals surface area (Å²) < 4.78 is 18.0. The van der Waals surface area contributed by atoms with Crippen molar-refractivity contribution in [2.24, 2.45) is 4.99 Å². The number of carbonyl (C=O) groups is 3. The molecule has 0 radical (unpaired) electrons. The molecule has 11 nitrogen and oxygen atoms in total. The second kappa shape index (κ2) is 14.7. The summed E-state index contributed by atoms with van der Waals surface area (Å²) in [5, 5.41) is 7.64. The number of aliphatic imine (C=N–C) groups is 1. The number of hydrogen-bond acceptors (Lipinski definition) is 13. The number of nitrogens with zero attached hydrogens (tertiary/aromatic N) is 4. The van der Waals surface area contributed by atoms with Gasteiger partial charge in [-0.25, -0.2) is 9.79 Å². The molecule has 1 N–H and O–H groups in total. The molecule has 17 heteroatoms. The summed E-state index contributed by atoms with van der Waals surface area (Å²) in [6.45, 7) is 18.3. The monoisotopic (exact) mass is 703 g/mol. The van der Waals surface area contributed by atoms with E-state index in [0.29, 0.717) is 42.4 Å². The number of amides is 1. The second-order valence-corrected chi connectivity index (χ2v) is 30.2. The van der Waals surface area contributed by atoms with E-state index in [-0.39, 0.29) is 17.3 Å². The van der Waals surface area contributed by atoms with Crippen molar-refractivity contribution in [3.05, 3.63) is 16.8 Å². The normalized spacial score (nSPS) is 20.4. The summed E-state index contributed by atoms with van der Waals surface area (Å²) in [5.74, 6) is 0.644. The Kier molecular flexibility index (Phi) is 12.3. The Labute approximate surface area is 270 Å². The van der Waals surface area contributed by atoms with Crippen LogP contribution in [0.4, 0.5) is 0 Å². The van der Waals surface area contributed by atoms with Crippen LogP contribution >= 0.6 is 34.9 Å². The van der Waals surface area contributed by atoms with Crippen molar-refractivity contribution in [3.8, 4) is 0 Å². The van der Waals surface area contributed by atoms with Gasteiger partial charge in [0.05, 0.1) is 13.2 Å². The standard InChI is InChI=1S/C26H45N5O6S3Si3/c1-35-19(13-11-12-18(30-41(2,3)4)24(33)36-42(5,6)7)28-20-22(32)31-21(25(34)37-43(8,9)10)17(14-38-23(20)31)15-39-26-29-27-16-40-26/h16,18,20,23,30H,11-15H2,1-10H3. The highest BCUT2D eigenvalue weighted by Gasteiger charge is 2.54. The highest BCUT2D eigenvalue weighted by molar-refractivity contribution is 8.01. The predicted molar refractivity (Wildman–Crippen MR) is 182 cm³/mol. The second-order valence-electron chi connectivity index (χ2n) is 13.4. The van der Waals surface area contributed by atoms with E-state index in [1.165, 1.54) is 23.1 Å². The largest absolute Gasteiger partial charge is 0.519 e. The minimum Gasteiger partial charge on any atom is -0.519 e. The maximum atomic E-state index is 13.5. The zero-order chi connectivity index (χ0) is 32.2. The van der Waals surface area contributed by atoms with E-state index in [1.807, 2.05) is 39.3 Å². The Hall–Kier alpha value is -1.51. The van der Waals surface area contributed by atoms with E-state index in [4.69, 9.17) is 18.6 Å². The molecule has 3 atom stereocenters. The summed E-state index contributed by atoms with van der Waals surface area (Å²) in [6, 6.07) is -1.05. The average Bonchev–Trinajstić information content (AvgIpc) is 3.39.